The van der Waals surface area contributed by atoms with Crippen molar-refractivity contribution >= 4 is 17.2 Å². The third-order valence-electron chi connectivity index (χ3n) is 5.31. The van der Waals surface area contributed by atoms with Gasteiger partial charge < -0.3 is 9.84 Å². The number of aromatic nitrogens is 3. The Morgan fingerprint density at radius 1 is 0.971 bits per heavy atom. The van der Waals surface area contributed by atoms with Gasteiger partial charge in [-0.25, -0.2) is 18.7 Å². The van der Waals surface area contributed by atoms with Gasteiger partial charge in [0.05, 0.1) is 5.88 Å². The number of pyridine rings is 2. The first kappa shape index (κ1) is 21.6. The summed E-state index contributed by atoms with van der Waals surface area (Å²) in [6.45, 7) is 0.185. The van der Waals surface area contributed by atoms with Crippen molar-refractivity contribution in [3.8, 4) is 28.5 Å². The molecule has 0 fully saturated rings. The molecule has 0 aliphatic rings. The molecule has 3 aromatic heterocycles. The van der Waals surface area contributed by atoms with Crippen LogP contribution in [0.5, 0.6) is 17.4 Å². The van der Waals surface area contributed by atoms with Gasteiger partial charge in [0, 0.05) is 17.8 Å². The summed E-state index contributed by atoms with van der Waals surface area (Å²) in [6.07, 6.45) is 3.11. The van der Waals surface area contributed by atoms with Crippen LogP contribution in [0.4, 0.5) is 4.39 Å². The standard InChI is InChI=1S/C26H17ClFN3O3/c27-22-12-6-17(14-29-22)15-30-23-13-11-21(34-20-9-7-19(28)8-10-20)16-31(23)26(33)24(25(30)32)18-4-2-1-3-5-18/h1-14,16H,15H2. The smallest absolute Gasteiger partial charge is 0.349 e. The molecule has 0 N–H and O–H groups in total. The quantitative estimate of drug-likeness (QED) is 0.281. The summed E-state index contributed by atoms with van der Waals surface area (Å²) in [5, 5.41) is 13.9. The Labute approximate surface area is 198 Å². The summed E-state index contributed by atoms with van der Waals surface area (Å²) in [6, 6.07) is 21.1. The van der Waals surface area contributed by atoms with Crippen LogP contribution in [-0.4, -0.2) is 9.38 Å². The fraction of sp³-hybridized carbons (Fsp3) is 0.0385. The minimum Gasteiger partial charge on any atom is -0.842 e. The second-order valence-corrected chi connectivity index (χ2v) is 7.96. The maximum atomic E-state index is 13.5. The van der Waals surface area contributed by atoms with Gasteiger partial charge in [-0.1, -0.05) is 48.0 Å². The minimum atomic E-state index is -0.471. The molecular formula is C26H17ClFN3O3. The normalized spacial score (nSPS) is 11.0. The Kier molecular flexibility index (Phi) is 5.69. The lowest BCUT2D eigenvalue weighted by molar-refractivity contribution is -0.708. The highest BCUT2D eigenvalue weighted by Crippen LogP contribution is 2.25. The van der Waals surface area contributed by atoms with Gasteiger partial charge in [-0.15, -0.1) is 0 Å². The Bertz CT molecular complexity index is 1540. The van der Waals surface area contributed by atoms with Crippen LogP contribution in [0.1, 0.15) is 5.56 Å². The molecular weight excluding hydrogens is 457 g/mol. The van der Waals surface area contributed by atoms with Gasteiger partial charge in [-0.3, -0.25) is 0 Å². The highest BCUT2D eigenvalue weighted by atomic mass is 35.5. The molecule has 0 unspecified atom stereocenters. The van der Waals surface area contributed by atoms with Gasteiger partial charge in [0.15, 0.2) is 5.75 Å². The van der Waals surface area contributed by atoms with Gasteiger partial charge in [0.2, 0.25) is 0 Å². The molecule has 5 aromatic rings. The molecule has 0 radical (unpaired) electrons. The molecule has 2 aromatic carbocycles. The Hall–Kier alpha value is -4.23. The summed E-state index contributed by atoms with van der Waals surface area (Å²) in [7, 11) is 0. The first-order chi connectivity index (χ1) is 16.5. The zero-order valence-corrected chi connectivity index (χ0v) is 18.4. The molecule has 0 amide bonds. The van der Waals surface area contributed by atoms with Crippen LogP contribution in [0, 0.1) is 5.82 Å². The van der Waals surface area contributed by atoms with Gasteiger partial charge in [0.1, 0.15) is 35.0 Å². The number of ether oxygens (including phenoxy) is 1. The second kappa shape index (κ2) is 8.96. The average Bonchev–Trinajstić information content (AvgIpc) is 2.85. The van der Waals surface area contributed by atoms with Gasteiger partial charge in [-0.2, -0.15) is 4.40 Å². The summed E-state index contributed by atoms with van der Waals surface area (Å²) in [4.78, 5) is 17.5. The maximum Gasteiger partial charge on any atom is 0.349 e. The molecule has 34 heavy (non-hydrogen) atoms. The van der Waals surface area contributed by atoms with Crippen LogP contribution < -0.4 is 20.0 Å². The maximum absolute atomic E-state index is 13.5. The Morgan fingerprint density at radius 3 is 2.41 bits per heavy atom. The lowest BCUT2D eigenvalue weighted by atomic mass is 10.1. The fourth-order valence-electron chi connectivity index (χ4n) is 3.69. The first-order valence-electron chi connectivity index (χ1n) is 10.4. The van der Waals surface area contributed by atoms with Crippen LogP contribution in [0.2, 0.25) is 5.15 Å². The van der Waals surface area contributed by atoms with E-state index < -0.39 is 11.4 Å². The molecule has 0 aliphatic heterocycles. The Balaban J connectivity index is 1.69. The number of benzene rings is 2. The van der Waals surface area contributed by atoms with Crippen LogP contribution in [0.25, 0.3) is 16.8 Å². The van der Waals surface area contributed by atoms with E-state index in [0.29, 0.717) is 27.9 Å². The van der Waals surface area contributed by atoms with E-state index in [-0.39, 0.29) is 17.9 Å². The SMILES string of the molecule is O=c1c(-c2ccccc2)c([O-])[n+](Cc2ccc(Cl)nc2)c2ccc(Oc3ccc(F)cc3)cn12. The highest BCUT2D eigenvalue weighted by molar-refractivity contribution is 6.29. The average molecular weight is 474 g/mol. The van der Waals surface area contributed by atoms with Crippen molar-refractivity contribution in [2.75, 3.05) is 0 Å². The van der Waals surface area contributed by atoms with E-state index >= 15 is 0 Å². The third-order valence-corrected chi connectivity index (χ3v) is 5.53. The Morgan fingerprint density at radius 2 is 1.71 bits per heavy atom. The van der Waals surface area contributed by atoms with Crippen molar-refractivity contribution < 1.29 is 18.8 Å². The number of hydrogen-bond acceptors (Lipinski definition) is 4. The highest BCUT2D eigenvalue weighted by Gasteiger charge is 2.21. The largest absolute Gasteiger partial charge is 0.842 e. The summed E-state index contributed by atoms with van der Waals surface area (Å²) >= 11 is 5.90. The lowest BCUT2D eigenvalue weighted by Crippen LogP contribution is -2.44. The molecule has 6 nitrogen and oxygen atoms in total. The predicted octanol–water partition coefficient (Wildman–Crippen LogP) is 4.36. The van der Waals surface area contributed by atoms with Crippen molar-refractivity contribution in [2.24, 2.45) is 0 Å². The van der Waals surface area contributed by atoms with E-state index in [1.807, 2.05) is 6.07 Å². The van der Waals surface area contributed by atoms with E-state index in [9.17, 15) is 14.3 Å². The molecule has 0 saturated heterocycles. The zero-order chi connectivity index (χ0) is 23.7. The topological polar surface area (TPSA) is 70.5 Å². The first-order valence-corrected chi connectivity index (χ1v) is 10.8. The van der Waals surface area contributed by atoms with Crippen molar-refractivity contribution in [3.63, 3.8) is 0 Å². The summed E-state index contributed by atoms with van der Waals surface area (Å²) in [5.41, 5.74) is 1.22. The fourth-order valence-corrected chi connectivity index (χ4v) is 3.80. The van der Waals surface area contributed by atoms with E-state index in [0.717, 1.165) is 5.56 Å². The number of rotatable bonds is 5. The van der Waals surface area contributed by atoms with E-state index in [4.69, 9.17) is 16.3 Å². The van der Waals surface area contributed by atoms with Gasteiger partial charge in [0.25, 0.3) is 5.65 Å². The molecule has 0 spiro atoms. The molecule has 3 heterocycles. The lowest BCUT2D eigenvalue weighted by Gasteiger charge is -2.17. The van der Waals surface area contributed by atoms with E-state index in [1.165, 1.54) is 39.4 Å². The molecule has 0 saturated carbocycles. The van der Waals surface area contributed by atoms with E-state index in [1.54, 1.807) is 54.7 Å². The summed E-state index contributed by atoms with van der Waals surface area (Å²) in [5.74, 6) is -0.0233. The van der Waals surface area contributed by atoms with Crippen molar-refractivity contribution in [1.82, 2.24) is 9.38 Å². The number of hydrogen-bond donors (Lipinski definition) is 0. The van der Waals surface area contributed by atoms with Gasteiger partial charge >= 0.3 is 5.56 Å². The van der Waals surface area contributed by atoms with Crippen molar-refractivity contribution in [1.29, 1.82) is 0 Å². The number of fused-ring (bicyclic) bond motifs is 1. The van der Waals surface area contributed by atoms with Crippen molar-refractivity contribution in [2.45, 2.75) is 6.54 Å². The molecule has 0 atom stereocenters. The molecule has 5 rings (SSSR count). The minimum absolute atomic E-state index is 0.0407. The molecule has 168 valence electrons. The number of nitrogens with zero attached hydrogens (tertiary/aromatic N) is 3. The predicted molar refractivity (Wildman–Crippen MR) is 124 cm³/mol. The van der Waals surface area contributed by atoms with Crippen LogP contribution in [-0.2, 0) is 6.54 Å². The van der Waals surface area contributed by atoms with Crippen molar-refractivity contribution in [3.05, 3.63) is 118 Å². The number of halogens is 2. The van der Waals surface area contributed by atoms with E-state index in [2.05, 4.69) is 4.98 Å². The van der Waals surface area contributed by atoms with Crippen LogP contribution >= 0.6 is 11.6 Å². The zero-order valence-electron chi connectivity index (χ0n) is 17.7. The van der Waals surface area contributed by atoms with Crippen LogP contribution in [0.3, 0.4) is 0 Å². The molecule has 8 heteroatoms. The second-order valence-electron chi connectivity index (χ2n) is 7.58. The molecule has 0 bridgehead atoms. The summed E-state index contributed by atoms with van der Waals surface area (Å²) < 4.78 is 21.9. The van der Waals surface area contributed by atoms with Gasteiger partial charge in [-0.05, 0) is 42.0 Å². The molecule has 0 aliphatic carbocycles. The third kappa shape index (κ3) is 4.21. The van der Waals surface area contributed by atoms with Crippen LogP contribution in [0.15, 0.2) is 96.1 Å². The monoisotopic (exact) mass is 473 g/mol.